The number of nitrogens with zero attached hydrogens (tertiary/aromatic N) is 1. The second-order valence-corrected chi connectivity index (χ2v) is 11.7. The number of hydrogen-bond acceptors (Lipinski definition) is 6. The van der Waals surface area contributed by atoms with Crippen molar-refractivity contribution in [3.05, 3.63) is 95.2 Å². The van der Waals surface area contributed by atoms with Crippen molar-refractivity contribution in [3.8, 4) is 11.5 Å². The lowest BCUT2D eigenvalue weighted by Gasteiger charge is -2.16. The lowest BCUT2D eigenvalue weighted by molar-refractivity contribution is -0.123. The smallest absolute Gasteiger partial charge is 0.285 e. The molecule has 0 radical (unpaired) electrons. The van der Waals surface area contributed by atoms with Crippen LogP contribution in [-0.2, 0) is 11.4 Å². The third kappa shape index (κ3) is 6.50. The van der Waals surface area contributed by atoms with Crippen LogP contribution in [-0.4, -0.2) is 28.3 Å². The highest BCUT2D eigenvalue weighted by Crippen LogP contribution is 2.40. The van der Waals surface area contributed by atoms with Gasteiger partial charge in [0.15, 0.2) is 15.8 Å². The predicted molar refractivity (Wildman–Crippen MR) is 158 cm³/mol. The Labute approximate surface area is 249 Å². The van der Waals surface area contributed by atoms with E-state index in [1.165, 1.54) is 7.11 Å². The summed E-state index contributed by atoms with van der Waals surface area (Å²) in [6.07, 6.45) is 1.66. The monoisotopic (exact) mass is 700 g/mol. The van der Waals surface area contributed by atoms with E-state index in [0.717, 1.165) is 21.2 Å². The fourth-order valence-corrected chi connectivity index (χ4v) is 5.79. The number of nitrogens with one attached hydrogen (secondary N) is 1. The average molecular weight is 703 g/mol. The molecule has 2 amide bonds. The molecule has 0 unspecified atom stereocenters. The largest absolute Gasteiger partial charge is 0.493 e. The van der Waals surface area contributed by atoms with E-state index >= 15 is 0 Å². The maximum Gasteiger partial charge on any atom is 0.285 e. The molecule has 1 aliphatic rings. The van der Waals surface area contributed by atoms with Gasteiger partial charge in [0.25, 0.3) is 11.8 Å². The first-order chi connectivity index (χ1) is 17.7. The molecule has 12 heteroatoms. The van der Waals surface area contributed by atoms with Gasteiger partial charge in [-0.2, -0.15) is 5.01 Å². The van der Waals surface area contributed by atoms with Gasteiger partial charge in [-0.05, 0) is 88.3 Å². The van der Waals surface area contributed by atoms with Crippen LogP contribution in [0.25, 0.3) is 6.08 Å². The summed E-state index contributed by atoms with van der Waals surface area (Å²) in [5, 5.41) is 2.05. The summed E-state index contributed by atoms with van der Waals surface area (Å²) >= 11 is 25.7. The van der Waals surface area contributed by atoms with Gasteiger partial charge < -0.3 is 9.47 Å². The standard InChI is InChI=1S/C25H16Br2Cl2N2O4S2/c1-34-20-10-13(9-17(27)22(20)35-12-16-18(28)3-2-4-19(16)29)11-21-24(33)31(25(36)37-21)30-23(32)14-5-7-15(26)8-6-14/h2-11H,12H2,1H3,(H,30,32)/b21-11-. The van der Waals surface area contributed by atoms with Crippen molar-refractivity contribution in [2.45, 2.75) is 6.61 Å². The molecule has 0 saturated carbocycles. The molecule has 1 fully saturated rings. The van der Waals surface area contributed by atoms with Crippen LogP contribution in [0.1, 0.15) is 21.5 Å². The van der Waals surface area contributed by atoms with E-state index < -0.39 is 11.8 Å². The summed E-state index contributed by atoms with van der Waals surface area (Å²) in [4.78, 5) is 25.9. The molecule has 0 atom stereocenters. The van der Waals surface area contributed by atoms with E-state index in [-0.39, 0.29) is 10.9 Å². The van der Waals surface area contributed by atoms with Crippen molar-refractivity contribution in [3.63, 3.8) is 0 Å². The minimum atomic E-state index is -0.449. The summed E-state index contributed by atoms with van der Waals surface area (Å²) in [6.45, 7) is 0.129. The van der Waals surface area contributed by atoms with Crippen molar-refractivity contribution in [1.82, 2.24) is 10.4 Å². The van der Waals surface area contributed by atoms with E-state index in [1.54, 1.807) is 60.7 Å². The fraction of sp³-hybridized carbons (Fsp3) is 0.0800. The SMILES string of the molecule is COc1cc(/C=C2\SC(=S)N(NC(=O)c3ccc(Br)cc3)C2=O)cc(Br)c1OCc1c(Cl)cccc1Cl. The van der Waals surface area contributed by atoms with Gasteiger partial charge in [0.05, 0.1) is 16.5 Å². The van der Waals surface area contributed by atoms with Gasteiger partial charge in [-0.15, -0.1) is 0 Å². The zero-order valence-corrected chi connectivity index (χ0v) is 25.2. The number of carbonyl (C=O) groups excluding carboxylic acids is 2. The molecule has 190 valence electrons. The highest BCUT2D eigenvalue weighted by atomic mass is 79.9. The van der Waals surface area contributed by atoms with Crippen LogP contribution in [0.15, 0.2) is 68.4 Å². The number of benzene rings is 3. The summed E-state index contributed by atoms with van der Waals surface area (Å²) in [7, 11) is 1.51. The molecule has 0 bridgehead atoms. The second-order valence-electron chi connectivity index (χ2n) is 7.49. The van der Waals surface area contributed by atoms with Crippen LogP contribution in [0.2, 0.25) is 10.0 Å². The van der Waals surface area contributed by atoms with Gasteiger partial charge in [-0.1, -0.05) is 57.0 Å². The van der Waals surface area contributed by atoms with Crippen molar-refractivity contribution in [2.24, 2.45) is 0 Å². The first-order valence-electron chi connectivity index (χ1n) is 10.5. The molecule has 1 saturated heterocycles. The molecule has 37 heavy (non-hydrogen) atoms. The third-order valence-corrected chi connectivity index (χ3v) is 8.21. The van der Waals surface area contributed by atoms with Gasteiger partial charge >= 0.3 is 0 Å². The van der Waals surface area contributed by atoms with Crippen molar-refractivity contribution in [1.29, 1.82) is 0 Å². The topological polar surface area (TPSA) is 67.9 Å². The molecule has 6 nitrogen and oxygen atoms in total. The van der Waals surface area contributed by atoms with Crippen LogP contribution in [0, 0.1) is 0 Å². The zero-order valence-electron chi connectivity index (χ0n) is 18.9. The maximum absolute atomic E-state index is 13.0. The van der Waals surface area contributed by atoms with Gasteiger partial charge in [-0.3, -0.25) is 15.0 Å². The summed E-state index contributed by atoms with van der Waals surface area (Å²) < 4.78 is 13.1. The Hall–Kier alpha value is -2.08. The first-order valence-corrected chi connectivity index (χ1v) is 14.0. The normalized spacial score (nSPS) is 14.3. The number of ether oxygens (including phenoxy) is 2. The number of methoxy groups -OCH3 is 1. The Kier molecular flexibility index (Phi) is 9.20. The van der Waals surface area contributed by atoms with E-state index in [9.17, 15) is 9.59 Å². The number of amides is 2. The predicted octanol–water partition coefficient (Wildman–Crippen LogP) is 7.65. The fourth-order valence-electron chi connectivity index (χ4n) is 3.26. The average Bonchev–Trinajstić information content (AvgIpc) is 3.12. The molecule has 1 aliphatic heterocycles. The molecule has 0 aromatic heterocycles. The van der Waals surface area contributed by atoms with Crippen LogP contribution < -0.4 is 14.9 Å². The van der Waals surface area contributed by atoms with E-state index in [0.29, 0.717) is 47.6 Å². The number of halogens is 4. The lowest BCUT2D eigenvalue weighted by atomic mass is 10.1. The summed E-state index contributed by atoms with van der Waals surface area (Å²) in [5.74, 6) is -0.00778. The Morgan fingerprint density at radius 2 is 1.81 bits per heavy atom. The molecule has 3 aromatic carbocycles. The number of thiocarbonyl (C=S) groups is 1. The van der Waals surface area contributed by atoms with Crippen LogP contribution in [0.3, 0.4) is 0 Å². The van der Waals surface area contributed by atoms with Crippen LogP contribution in [0.5, 0.6) is 11.5 Å². The molecule has 0 spiro atoms. The Bertz CT molecular complexity index is 1410. The van der Waals surface area contributed by atoms with Crippen molar-refractivity contribution >= 4 is 101 Å². The maximum atomic E-state index is 13.0. The molecule has 1 N–H and O–H groups in total. The van der Waals surface area contributed by atoms with E-state index in [1.807, 2.05) is 0 Å². The molecule has 4 rings (SSSR count). The quantitative estimate of drug-likeness (QED) is 0.202. The number of hydrogen-bond donors (Lipinski definition) is 1. The van der Waals surface area contributed by atoms with Gasteiger partial charge in [0.2, 0.25) is 0 Å². The summed E-state index contributed by atoms with van der Waals surface area (Å²) in [6, 6.07) is 15.5. The van der Waals surface area contributed by atoms with Crippen LogP contribution >= 0.6 is 79.0 Å². The van der Waals surface area contributed by atoms with E-state index in [4.69, 9.17) is 44.9 Å². The van der Waals surface area contributed by atoms with Gasteiger partial charge in [-0.25, -0.2) is 0 Å². The van der Waals surface area contributed by atoms with Gasteiger partial charge in [0.1, 0.15) is 6.61 Å². The third-order valence-electron chi connectivity index (χ3n) is 5.09. The number of hydrazine groups is 1. The van der Waals surface area contributed by atoms with Crippen molar-refractivity contribution < 1.29 is 19.1 Å². The van der Waals surface area contributed by atoms with Crippen LogP contribution in [0.4, 0.5) is 0 Å². The zero-order chi connectivity index (χ0) is 26.7. The highest BCUT2D eigenvalue weighted by molar-refractivity contribution is 9.10. The molecule has 3 aromatic rings. The molecule has 0 aliphatic carbocycles. The first kappa shape index (κ1) is 27.9. The number of rotatable bonds is 7. The molecular weight excluding hydrogens is 687 g/mol. The minimum absolute atomic E-state index is 0.129. The van der Waals surface area contributed by atoms with Gasteiger partial charge in [0, 0.05) is 25.6 Å². The Morgan fingerprint density at radius 3 is 2.46 bits per heavy atom. The van der Waals surface area contributed by atoms with Crippen molar-refractivity contribution in [2.75, 3.05) is 7.11 Å². The number of carbonyl (C=O) groups is 2. The number of thioether (sulfide) groups is 1. The Morgan fingerprint density at radius 1 is 1.14 bits per heavy atom. The second kappa shape index (κ2) is 12.2. The summed E-state index contributed by atoms with van der Waals surface area (Å²) in [5.41, 5.74) is 4.27. The van der Waals surface area contributed by atoms with E-state index in [2.05, 4.69) is 37.3 Å². The highest BCUT2D eigenvalue weighted by Gasteiger charge is 2.34. The lowest BCUT2D eigenvalue weighted by Crippen LogP contribution is -2.44. The molecule has 1 heterocycles. The minimum Gasteiger partial charge on any atom is -0.493 e. The molecular formula is C25H16Br2Cl2N2O4S2. The Balaban J connectivity index is 1.52.